The van der Waals surface area contributed by atoms with Crippen molar-refractivity contribution in [2.45, 2.75) is 52.4 Å². The van der Waals surface area contributed by atoms with Gasteiger partial charge >= 0.3 is 0 Å². The molecule has 1 radical (unpaired) electrons. The maximum absolute atomic E-state index is 4.85. The summed E-state index contributed by atoms with van der Waals surface area (Å²) in [4.78, 5) is 0. The average Bonchev–Trinajstić information content (AvgIpc) is 2.89. The molecule has 1 heteroatoms. The monoisotopic (exact) mass is 240 g/mol. The molecule has 1 heterocycles. The van der Waals surface area contributed by atoms with E-state index in [0.717, 1.165) is 0 Å². The van der Waals surface area contributed by atoms with Gasteiger partial charge in [0, 0.05) is 11.3 Å². The van der Waals surface area contributed by atoms with Crippen molar-refractivity contribution in [3.63, 3.8) is 0 Å². The number of rotatable bonds is 4. The summed E-state index contributed by atoms with van der Waals surface area (Å²) in [6, 6.07) is 8.69. The van der Waals surface area contributed by atoms with E-state index in [1.807, 2.05) is 0 Å². The Balaban J connectivity index is 2.05. The van der Waals surface area contributed by atoms with Gasteiger partial charge < -0.3 is 0 Å². The maximum atomic E-state index is 4.85. The zero-order valence-corrected chi connectivity index (χ0v) is 11.5. The number of para-hydroxylation sites is 1. The van der Waals surface area contributed by atoms with Crippen LogP contribution in [0, 0.1) is 5.41 Å². The minimum Gasteiger partial charge on any atom is -0.252 e. The van der Waals surface area contributed by atoms with Gasteiger partial charge in [0.05, 0.1) is 5.69 Å². The Hall–Kier alpha value is -1.24. The number of fused-ring (bicyclic) bond motifs is 2. The molecule has 0 bridgehead atoms. The lowest BCUT2D eigenvalue weighted by atomic mass is 9.72. The molecule has 95 valence electrons. The lowest BCUT2D eigenvalue weighted by molar-refractivity contribution is 0.323. The van der Waals surface area contributed by atoms with Crippen LogP contribution in [0.2, 0.25) is 0 Å². The third kappa shape index (κ3) is 1.60. The van der Waals surface area contributed by atoms with Crippen molar-refractivity contribution in [1.29, 1.82) is 0 Å². The first-order valence-corrected chi connectivity index (χ1v) is 7.35. The lowest BCUT2D eigenvalue weighted by Gasteiger charge is -2.32. The molecule has 18 heavy (non-hydrogen) atoms. The first-order chi connectivity index (χ1) is 8.80. The van der Waals surface area contributed by atoms with E-state index in [4.69, 9.17) is 5.32 Å². The molecule has 0 aromatic heterocycles. The third-order valence-corrected chi connectivity index (χ3v) is 4.55. The first kappa shape index (κ1) is 11.8. The zero-order valence-electron chi connectivity index (χ0n) is 11.5. The van der Waals surface area contributed by atoms with Crippen LogP contribution in [-0.4, -0.2) is 0 Å². The Bertz CT molecular complexity index is 478. The highest BCUT2D eigenvalue weighted by Crippen LogP contribution is 2.58. The minimum atomic E-state index is 0.426. The lowest BCUT2D eigenvalue weighted by Crippen LogP contribution is -2.19. The molecule has 1 nitrogen and oxygen atoms in total. The van der Waals surface area contributed by atoms with Gasteiger partial charge in [0.25, 0.3) is 0 Å². The van der Waals surface area contributed by atoms with Gasteiger partial charge in [0.15, 0.2) is 0 Å². The number of hydrogen-bond acceptors (Lipinski definition) is 0. The van der Waals surface area contributed by atoms with Crippen molar-refractivity contribution in [2.24, 2.45) is 5.41 Å². The van der Waals surface area contributed by atoms with Gasteiger partial charge in [-0.05, 0) is 42.7 Å². The SMILES string of the molecule is CCCC1(CCC)CCC2=C1c1ccccc1[N]2. The van der Waals surface area contributed by atoms with E-state index >= 15 is 0 Å². The van der Waals surface area contributed by atoms with Crippen LogP contribution >= 0.6 is 0 Å². The largest absolute Gasteiger partial charge is 0.252 e. The average molecular weight is 240 g/mol. The summed E-state index contributed by atoms with van der Waals surface area (Å²) in [7, 11) is 0. The van der Waals surface area contributed by atoms with Crippen LogP contribution in [0.1, 0.15) is 57.9 Å². The van der Waals surface area contributed by atoms with Crippen LogP contribution in [0.15, 0.2) is 30.0 Å². The second kappa shape index (κ2) is 4.46. The quantitative estimate of drug-likeness (QED) is 0.701. The predicted octanol–water partition coefficient (Wildman–Crippen LogP) is 5.03. The van der Waals surface area contributed by atoms with Crippen molar-refractivity contribution in [3.8, 4) is 0 Å². The molecule has 0 unspecified atom stereocenters. The van der Waals surface area contributed by atoms with E-state index in [1.165, 1.54) is 55.5 Å². The van der Waals surface area contributed by atoms with E-state index in [9.17, 15) is 0 Å². The zero-order chi connectivity index (χ0) is 12.6. The van der Waals surface area contributed by atoms with Crippen LogP contribution < -0.4 is 5.32 Å². The van der Waals surface area contributed by atoms with Gasteiger partial charge in [-0.1, -0.05) is 44.9 Å². The molecule has 0 spiro atoms. The maximum Gasteiger partial charge on any atom is 0.0709 e. The van der Waals surface area contributed by atoms with E-state index < -0.39 is 0 Å². The van der Waals surface area contributed by atoms with Crippen molar-refractivity contribution < 1.29 is 0 Å². The first-order valence-electron chi connectivity index (χ1n) is 7.35. The molecular weight excluding hydrogens is 218 g/mol. The second-order valence-electron chi connectivity index (χ2n) is 5.73. The summed E-state index contributed by atoms with van der Waals surface area (Å²) >= 11 is 0. The highest BCUT2D eigenvalue weighted by Gasteiger charge is 2.43. The molecule has 0 amide bonds. The molecule has 1 aromatic carbocycles. The molecule has 1 aromatic rings. The number of benzene rings is 1. The predicted molar refractivity (Wildman–Crippen MR) is 76.6 cm³/mol. The smallest absolute Gasteiger partial charge is 0.0709 e. The fraction of sp³-hybridized carbons (Fsp3) is 0.529. The number of hydrogen-bond donors (Lipinski definition) is 0. The van der Waals surface area contributed by atoms with Gasteiger partial charge in [-0.3, -0.25) is 5.32 Å². The fourth-order valence-corrected chi connectivity index (χ4v) is 3.98. The van der Waals surface area contributed by atoms with E-state index in [-0.39, 0.29) is 0 Å². The normalized spacial score (nSPS) is 19.7. The van der Waals surface area contributed by atoms with Crippen LogP contribution in [0.5, 0.6) is 0 Å². The van der Waals surface area contributed by atoms with Crippen LogP contribution in [0.4, 0.5) is 5.69 Å². The Morgan fingerprint density at radius 1 is 1.11 bits per heavy atom. The van der Waals surface area contributed by atoms with Gasteiger partial charge in [-0.25, -0.2) is 0 Å². The summed E-state index contributed by atoms with van der Waals surface area (Å²) in [5.41, 5.74) is 6.04. The molecule has 0 atom stereocenters. The second-order valence-corrected chi connectivity index (χ2v) is 5.73. The Labute approximate surface area is 110 Å². The highest BCUT2D eigenvalue weighted by molar-refractivity contribution is 5.86. The van der Waals surface area contributed by atoms with Crippen molar-refractivity contribution in [2.75, 3.05) is 0 Å². The number of nitrogens with zero attached hydrogens (tertiary/aromatic N) is 1. The van der Waals surface area contributed by atoms with Crippen LogP contribution in [-0.2, 0) is 0 Å². The molecule has 3 rings (SSSR count). The minimum absolute atomic E-state index is 0.426. The summed E-state index contributed by atoms with van der Waals surface area (Å²) in [5.74, 6) is 0. The Morgan fingerprint density at radius 3 is 2.56 bits per heavy atom. The molecule has 0 saturated heterocycles. The van der Waals surface area contributed by atoms with Gasteiger partial charge in [0.2, 0.25) is 0 Å². The van der Waals surface area contributed by atoms with Gasteiger partial charge in [0.1, 0.15) is 0 Å². The third-order valence-electron chi connectivity index (χ3n) is 4.55. The molecule has 0 N–H and O–H groups in total. The molecule has 0 fully saturated rings. The summed E-state index contributed by atoms with van der Waals surface area (Å²) in [5, 5.41) is 4.85. The molecular formula is C17H22N. The van der Waals surface area contributed by atoms with Gasteiger partial charge in [-0.2, -0.15) is 0 Å². The summed E-state index contributed by atoms with van der Waals surface area (Å²) < 4.78 is 0. The Kier molecular flexibility index (Phi) is 2.93. The van der Waals surface area contributed by atoms with E-state index in [0.29, 0.717) is 5.41 Å². The molecule has 2 aliphatic rings. The topological polar surface area (TPSA) is 14.1 Å². The van der Waals surface area contributed by atoms with Crippen molar-refractivity contribution in [1.82, 2.24) is 5.32 Å². The van der Waals surface area contributed by atoms with Crippen molar-refractivity contribution in [3.05, 3.63) is 35.5 Å². The molecule has 0 saturated carbocycles. The van der Waals surface area contributed by atoms with Crippen LogP contribution in [0.25, 0.3) is 5.57 Å². The van der Waals surface area contributed by atoms with Gasteiger partial charge in [-0.15, -0.1) is 0 Å². The van der Waals surface area contributed by atoms with E-state index in [1.54, 1.807) is 5.57 Å². The standard InChI is InChI=1S/C17H22N/c1-3-10-17(11-4-2)12-9-15-16(17)13-7-5-6-8-14(13)18-15/h5-8H,3-4,9-12H2,1-2H3. The number of allylic oxidation sites excluding steroid dienone is 2. The van der Waals surface area contributed by atoms with Crippen molar-refractivity contribution >= 4 is 11.3 Å². The molecule has 1 aliphatic heterocycles. The summed E-state index contributed by atoms with van der Waals surface area (Å²) in [6.07, 6.45) is 7.70. The summed E-state index contributed by atoms with van der Waals surface area (Å²) in [6.45, 7) is 4.63. The van der Waals surface area contributed by atoms with Crippen LogP contribution in [0.3, 0.4) is 0 Å². The fourth-order valence-electron chi connectivity index (χ4n) is 3.98. The highest BCUT2D eigenvalue weighted by atomic mass is 14.9. The van der Waals surface area contributed by atoms with E-state index in [2.05, 4.69) is 38.1 Å². The Morgan fingerprint density at radius 2 is 1.83 bits per heavy atom. The molecule has 1 aliphatic carbocycles.